The summed E-state index contributed by atoms with van der Waals surface area (Å²) >= 11 is 6.42. The first-order valence-corrected chi connectivity index (χ1v) is 8.39. The summed E-state index contributed by atoms with van der Waals surface area (Å²) in [7, 11) is 5.41. The van der Waals surface area contributed by atoms with Crippen LogP contribution < -0.4 is 16.4 Å². The number of nitrogens with zero attached hydrogens (tertiary/aromatic N) is 1. The van der Waals surface area contributed by atoms with Gasteiger partial charge in [0.25, 0.3) is 5.69 Å². The van der Waals surface area contributed by atoms with Crippen LogP contribution in [0.5, 0.6) is 0 Å². The average molecular weight is 345 g/mol. The molecule has 0 unspecified atom stereocenters. The van der Waals surface area contributed by atoms with Gasteiger partial charge in [0.2, 0.25) is 0 Å². The Hall–Kier alpha value is -2.46. The van der Waals surface area contributed by atoms with Crippen molar-refractivity contribution in [3.8, 4) is 22.3 Å². The monoisotopic (exact) mass is 345 g/mol. The molecule has 0 bridgehead atoms. The molecule has 0 fully saturated rings. The van der Waals surface area contributed by atoms with Gasteiger partial charge in [0, 0.05) is 5.02 Å². The van der Waals surface area contributed by atoms with E-state index in [0.29, 0.717) is 16.0 Å². The average Bonchev–Trinajstić information content (AvgIpc) is 2.63. The fourth-order valence-electron chi connectivity index (χ4n) is 3.14. The number of hydrogen-bond acceptors (Lipinski definition) is 2. The van der Waals surface area contributed by atoms with E-state index in [0.717, 1.165) is 27.6 Å². The Morgan fingerprint density at radius 3 is 1.84 bits per heavy atom. The summed E-state index contributed by atoms with van der Waals surface area (Å²) in [6.07, 6.45) is 0. The molecule has 3 aromatic rings. The molecule has 25 heavy (non-hydrogen) atoms. The third kappa shape index (κ3) is 3.10. The van der Waals surface area contributed by atoms with E-state index in [1.54, 1.807) is 7.85 Å². The van der Waals surface area contributed by atoms with E-state index in [2.05, 4.69) is 0 Å². The Labute approximate surface area is 154 Å². The Morgan fingerprint density at radius 1 is 0.760 bits per heavy atom. The molecule has 0 N–H and O–H groups in total. The van der Waals surface area contributed by atoms with Gasteiger partial charge < -0.3 is 0 Å². The second-order valence-corrected chi connectivity index (χ2v) is 6.49. The highest BCUT2D eigenvalue weighted by Crippen LogP contribution is 2.29. The SMILES string of the molecule is Bc1c(B)c([N+](=O)[O-])c(-c2ccc(-c3ccccc3)cc2)c(B)c1Cl. The molecule has 0 heterocycles. The molecule has 0 radical (unpaired) electrons. The van der Waals surface area contributed by atoms with Gasteiger partial charge in [-0.2, -0.15) is 0 Å². The van der Waals surface area contributed by atoms with Crippen molar-refractivity contribution >= 4 is 57.2 Å². The highest BCUT2D eigenvalue weighted by Gasteiger charge is 2.24. The maximum absolute atomic E-state index is 11.7. The molecule has 0 atom stereocenters. The van der Waals surface area contributed by atoms with Gasteiger partial charge in [0.1, 0.15) is 23.5 Å². The van der Waals surface area contributed by atoms with Crippen molar-refractivity contribution in [2.24, 2.45) is 0 Å². The summed E-state index contributed by atoms with van der Waals surface area (Å²) in [6.45, 7) is 0. The third-order valence-corrected chi connectivity index (χ3v) is 5.22. The minimum absolute atomic E-state index is 0.131. The number of rotatable bonds is 3. The predicted octanol–water partition coefficient (Wildman–Crippen LogP) is 0.357. The minimum atomic E-state index is -0.313. The van der Waals surface area contributed by atoms with Crippen LogP contribution in [0.3, 0.4) is 0 Å². The molecule has 3 aromatic carbocycles. The molecule has 120 valence electrons. The zero-order chi connectivity index (χ0) is 18.1. The summed E-state index contributed by atoms with van der Waals surface area (Å²) < 4.78 is 0. The van der Waals surface area contributed by atoms with Gasteiger partial charge in [-0.15, -0.1) is 0 Å². The highest BCUT2D eigenvalue weighted by molar-refractivity contribution is 6.61. The molecule has 0 aliphatic heterocycles. The van der Waals surface area contributed by atoms with Crippen molar-refractivity contribution in [1.29, 1.82) is 0 Å². The molecule has 0 amide bonds. The third-order valence-electron chi connectivity index (χ3n) is 4.65. The van der Waals surface area contributed by atoms with E-state index in [9.17, 15) is 10.1 Å². The van der Waals surface area contributed by atoms with Crippen molar-refractivity contribution in [1.82, 2.24) is 0 Å². The molecule has 0 saturated heterocycles. The van der Waals surface area contributed by atoms with Gasteiger partial charge in [-0.05, 0) is 22.2 Å². The predicted molar refractivity (Wildman–Crippen MR) is 114 cm³/mol. The summed E-state index contributed by atoms with van der Waals surface area (Å²) in [5, 5.41) is 12.3. The second kappa shape index (κ2) is 6.81. The van der Waals surface area contributed by atoms with Gasteiger partial charge in [-0.25, -0.2) is 0 Å². The van der Waals surface area contributed by atoms with Crippen molar-refractivity contribution in [3.63, 3.8) is 0 Å². The first-order chi connectivity index (χ1) is 11.9. The van der Waals surface area contributed by atoms with Crippen LogP contribution in [0.25, 0.3) is 22.3 Å². The van der Waals surface area contributed by atoms with Gasteiger partial charge in [0.15, 0.2) is 0 Å². The van der Waals surface area contributed by atoms with Crippen molar-refractivity contribution in [3.05, 3.63) is 69.7 Å². The Bertz CT molecular complexity index is 961. The highest BCUT2D eigenvalue weighted by atomic mass is 35.5. The number of benzene rings is 3. The van der Waals surface area contributed by atoms with E-state index < -0.39 is 0 Å². The van der Waals surface area contributed by atoms with Gasteiger partial charge in [0.05, 0.1) is 10.5 Å². The van der Waals surface area contributed by atoms with Crippen LogP contribution in [-0.2, 0) is 0 Å². The summed E-state index contributed by atoms with van der Waals surface area (Å²) in [5.41, 5.74) is 5.82. The Morgan fingerprint density at radius 2 is 1.28 bits per heavy atom. The normalized spacial score (nSPS) is 10.6. The van der Waals surface area contributed by atoms with Crippen LogP contribution in [0.2, 0.25) is 5.02 Å². The van der Waals surface area contributed by atoms with E-state index in [-0.39, 0.29) is 10.6 Å². The fourth-order valence-corrected chi connectivity index (χ4v) is 3.38. The lowest BCUT2D eigenvalue weighted by atomic mass is 9.72. The maximum Gasteiger partial charge on any atom is 0.269 e. The van der Waals surface area contributed by atoms with Crippen LogP contribution in [0.4, 0.5) is 5.69 Å². The fraction of sp³-hybridized carbons (Fsp3) is 0. The number of hydrogen-bond donors (Lipinski definition) is 0. The number of halogens is 1. The first kappa shape index (κ1) is 17.4. The molecule has 0 saturated carbocycles. The van der Waals surface area contributed by atoms with Gasteiger partial charge in [-0.1, -0.05) is 77.1 Å². The Kier molecular flexibility index (Phi) is 4.73. The van der Waals surface area contributed by atoms with E-state index >= 15 is 0 Å². The minimum Gasteiger partial charge on any atom is -0.258 e. The molecular weight excluding hydrogens is 330 g/mol. The molecule has 0 aliphatic carbocycles. The van der Waals surface area contributed by atoms with Crippen LogP contribution >= 0.6 is 11.6 Å². The second-order valence-electron chi connectivity index (χ2n) is 6.11. The largest absolute Gasteiger partial charge is 0.269 e. The summed E-state index contributed by atoms with van der Waals surface area (Å²) in [4.78, 5) is 11.4. The zero-order valence-corrected chi connectivity index (χ0v) is 15.1. The number of nitro groups is 1. The van der Waals surface area contributed by atoms with Crippen molar-refractivity contribution < 1.29 is 4.92 Å². The van der Waals surface area contributed by atoms with E-state index in [1.165, 1.54) is 0 Å². The van der Waals surface area contributed by atoms with Crippen molar-refractivity contribution in [2.75, 3.05) is 0 Å². The topological polar surface area (TPSA) is 43.1 Å². The van der Waals surface area contributed by atoms with E-state index in [4.69, 9.17) is 11.6 Å². The van der Waals surface area contributed by atoms with Gasteiger partial charge in [-0.3, -0.25) is 10.1 Å². The van der Waals surface area contributed by atoms with Crippen LogP contribution in [-0.4, -0.2) is 28.5 Å². The molecule has 7 heteroatoms. The molecule has 0 spiro atoms. The van der Waals surface area contributed by atoms with Crippen molar-refractivity contribution in [2.45, 2.75) is 0 Å². The zero-order valence-electron chi connectivity index (χ0n) is 14.3. The lowest BCUT2D eigenvalue weighted by Crippen LogP contribution is -2.35. The quantitative estimate of drug-likeness (QED) is 0.391. The Balaban J connectivity index is 2.18. The molecular formula is C18H15B3ClNO2. The molecule has 3 rings (SSSR count). The van der Waals surface area contributed by atoms with Crippen LogP contribution in [0.1, 0.15) is 0 Å². The van der Waals surface area contributed by atoms with Crippen LogP contribution in [0.15, 0.2) is 54.6 Å². The molecule has 3 nitrogen and oxygen atoms in total. The lowest BCUT2D eigenvalue weighted by molar-refractivity contribution is -0.382. The van der Waals surface area contributed by atoms with Crippen LogP contribution in [0, 0.1) is 10.1 Å². The number of nitro benzene ring substituents is 1. The van der Waals surface area contributed by atoms with Gasteiger partial charge >= 0.3 is 0 Å². The standard InChI is InChI=1S/C18H15B3ClNO2/c19-14-13(18(23(24)25)16(21)15(20)17(14)22)12-8-6-11(7-9-12)10-4-2-1-3-5-10/h1-9H,19-21H2. The maximum atomic E-state index is 11.7. The first-order valence-electron chi connectivity index (χ1n) is 8.01. The summed E-state index contributed by atoms with van der Waals surface area (Å²) in [6, 6.07) is 17.8. The summed E-state index contributed by atoms with van der Waals surface area (Å²) in [5.74, 6) is 0. The molecule has 0 aliphatic rings. The lowest BCUT2D eigenvalue weighted by Gasteiger charge is -2.15. The molecule has 0 aromatic heterocycles. The van der Waals surface area contributed by atoms with E-state index in [1.807, 2.05) is 70.3 Å². The smallest absolute Gasteiger partial charge is 0.258 e.